The second kappa shape index (κ2) is 6.82. The first-order valence-electron chi connectivity index (χ1n) is 5.29. The van der Waals surface area contributed by atoms with E-state index in [4.69, 9.17) is 9.84 Å². The van der Waals surface area contributed by atoms with Crippen LogP contribution in [0.25, 0.3) is 0 Å². The van der Waals surface area contributed by atoms with E-state index in [9.17, 15) is 4.79 Å². The molecular formula is C11H22O3. The van der Waals surface area contributed by atoms with Crippen LogP contribution in [0.5, 0.6) is 0 Å². The molecule has 3 heteroatoms. The maximum atomic E-state index is 11.0. The number of carboxylic acids is 1. The van der Waals surface area contributed by atoms with Gasteiger partial charge in [0, 0.05) is 13.7 Å². The normalized spacial score (nSPS) is 15.1. The fourth-order valence-electron chi connectivity index (χ4n) is 1.65. The number of hydrogen-bond donors (Lipinski definition) is 1. The van der Waals surface area contributed by atoms with Crippen molar-refractivity contribution in [2.75, 3.05) is 13.7 Å². The van der Waals surface area contributed by atoms with Gasteiger partial charge in [-0.05, 0) is 26.2 Å². The van der Waals surface area contributed by atoms with E-state index in [0.29, 0.717) is 0 Å². The number of ether oxygens (including phenoxy) is 1. The topological polar surface area (TPSA) is 46.5 Å². The number of hydrogen-bond acceptors (Lipinski definition) is 2. The Morgan fingerprint density at radius 1 is 1.36 bits per heavy atom. The lowest BCUT2D eigenvalue weighted by Gasteiger charge is -2.23. The smallest absolute Gasteiger partial charge is 0.309 e. The predicted molar refractivity (Wildman–Crippen MR) is 56.4 cm³/mol. The second-order valence-electron chi connectivity index (χ2n) is 4.07. The molecule has 0 heterocycles. The van der Waals surface area contributed by atoms with Crippen molar-refractivity contribution < 1.29 is 14.6 Å². The highest BCUT2D eigenvalue weighted by atomic mass is 16.5. The first kappa shape index (κ1) is 13.4. The fourth-order valence-corrected chi connectivity index (χ4v) is 1.65. The zero-order chi connectivity index (χ0) is 11.0. The molecule has 14 heavy (non-hydrogen) atoms. The minimum Gasteiger partial charge on any atom is -0.481 e. The van der Waals surface area contributed by atoms with E-state index in [2.05, 4.69) is 0 Å². The van der Waals surface area contributed by atoms with E-state index in [1.54, 1.807) is 7.11 Å². The molecule has 0 saturated heterocycles. The van der Waals surface area contributed by atoms with Gasteiger partial charge in [0.25, 0.3) is 0 Å². The minimum atomic E-state index is -0.670. The third-order valence-electron chi connectivity index (χ3n) is 2.65. The van der Waals surface area contributed by atoms with Crippen molar-refractivity contribution in [2.45, 2.75) is 46.0 Å². The van der Waals surface area contributed by atoms with Gasteiger partial charge in [-0.15, -0.1) is 0 Å². The Bertz CT molecular complexity index is 168. The molecule has 0 amide bonds. The summed E-state index contributed by atoms with van der Waals surface area (Å²) in [4.78, 5) is 11.0. The summed E-state index contributed by atoms with van der Waals surface area (Å²) in [7, 11) is 1.67. The number of carboxylic acid groups (broad SMARTS) is 1. The zero-order valence-corrected chi connectivity index (χ0v) is 9.51. The second-order valence-corrected chi connectivity index (χ2v) is 4.07. The van der Waals surface area contributed by atoms with E-state index < -0.39 is 11.4 Å². The van der Waals surface area contributed by atoms with Crippen LogP contribution < -0.4 is 0 Å². The molecule has 0 spiro atoms. The molecule has 84 valence electrons. The Labute approximate surface area is 86.5 Å². The van der Waals surface area contributed by atoms with Crippen molar-refractivity contribution in [1.82, 2.24) is 0 Å². The molecule has 1 N–H and O–H groups in total. The van der Waals surface area contributed by atoms with Crippen LogP contribution in [0, 0.1) is 5.41 Å². The maximum absolute atomic E-state index is 11.0. The van der Waals surface area contributed by atoms with Crippen molar-refractivity contribution in [3.05, 3.63) is 0 Å². The molecular weight excluding hydrogens is 180 g/mol. The SMILES string of the molecule is CCCC(C)(CCCCOC)C(=O)O. The summed E-state index contributed by atoms with van der Waals surface area (Å²) >= 11 is 0. The Kier molecular flexibility index (Phi) is 6.54. The van der Waals surface area contributed by atoms with Gasteiger partial charge in [0.05, 0.1) is 5.41 Å². The molecule has 0 aliphatic carbocycles. The van der Waals surface area contributed by atoms with Gasteiger partial charge in [-0.2, -0.15) is 0 Å². The zero-order valence-electron chi connectivity index (χ0n) is 9.51. The lowest BCUT2D eigenvalue weighted by molar-refractivity contribution is -0.148. The maximum Gasteiger partial charge on any atom is 0.309 e. The van der Waals surface area contributed by atoms with Gasteiger partial charge in [0.15, 0.2) is 0 Å². The van der Waals surface area contributed by atoms with Gasteiger partial charge in [-0.1, -0.05) is 19.8 Å². The van der Waals surface area contributed by atoms with Crippen LogP contribution in [0.1, 0.15) is 46.0 Å². The molecule has 0 bridgehead atoms. The molecule has 0 aromatic rings. The van der Waals surface area contributed by atoms with Crippen LogP contribution in [0.2, 0.25) is 0 Å². The largest absolute Gasteiger partial charge is 0.481 e. The fraction of sp³-hybridized carbons (Fsp3) is 0.909. The lowest BCUT2D eigenvalue weighted by atomic mass is 9.81. The predicted octanol–water partition coefficient (Wildman–Crippen LogP) is 2.69. The summed E-state index contributed by atoms with van der Waals surface area (Å²) in [6.07, 6.45) is 4.31. The van der Waals surface area contributed by atoms with Gasteiger partial charge in [0.1, 0.15) is 0 Å². The summed E-state index contributed by atoms with van der Waals surface area (Å²) in [5.74, 6) is -0.670. The molecule has 0 aromatic carbocycles. The van der Waals surface area contributed by atoms with Gasteiger partial charge < -0.3 is 9.84 Å². The Morgan fingerprint density at radius 3 is 2.43 bits per heavy atom. The monoisotopic (exact) mass is 202 g/mol. The molecule has 0 radical (unpaired) electrons. The van der Waals surface area contributed by atoms with E-state index in [-0.39, 0.29) is 0 Å². The molecule has 0 saturated carbocycles. The summed E-state index contributed by atoms with van der Waals surface area (Å²) in [5.41, 5.74) is -0.539. The van der Waals surface area contributed by atoms with Crippen molar-refractivity contribution in [2.24, 2.45) is 5.41 Å². The van der Waals surface area contributed by atoms with Crippen LogP contribution in [-0.4, -0.2) is 24.8 Å². The highest BCUT2D eigenvalue weighted by Gasteiger charge is 2.31. The first-order valence-corrected chi connectivity index (χ1v) is 5.29. The number of aliphatic carboxylic acids is 1. The third-order valence-corrected chi connectivity index (χ3v) is 2.65. The van der Waals surface area contributed by atoms with E-state index in [1.807, 2.05) is 13.8 Å². The van der Waals surface area contributed by atoms with Crippen molar-refractivity contribution in [3.63, 3.8) is 0 Å². The van der Waals surface area contributed by atoms with E-state index in [0.717, 1.165) is 38.7 Å². The molecule has 0 aliphatic rings. The van der Waals surface area contributed by atoms with Crippen molar-refractivity contribution in [1.29, 1.82) is 0 Å². The molecule has 3 nitrogen and oxygen atoms in total. The highest BCUT2D eigenvalue weighted by molar-refractivity contribution is 5.73. The number of rotatable bonds is 8. The van der Waals surface area contributed by atoms with Crippen LogP contribution in [-0.2, 0) is 9.53 Å². The van der Waals surface area contributed by atoms with Crippen LogP contribution in [0.3, 0.4) is 0 Å². The molecule has 1 atom stereocenters. The van der Waals surface area contributed by atoms with Crippen molar-refractivity contribution >= 4 is 5.97 Å². The summed E-state index contributed by atoms with van der Waals surface area (Å²) in [6, 6.07) is 0. The van der Waals surface area contributed by atoms with Crippen LogP contribution in [0.15, 0.2) is 0 Å². The Hall–Kier alpha value is -0.570. The average Bonchev–Trinajstić information content (AvgIpc) is 2.13. The van der Waals surface area contributed by atoms with Crippen LogP contribution >= 0.6 is 0 Å². The number of methoxy groups -OCH3 is 1. The molecule has 0 rings (SSSR count). The van der Waals surface area contributed by atoms with Gasteiger partial charge in [-0.3, -0.25) is 4.79 Å². The standard InChI is InChI=1S/C11H22O3/c1-4-7-11(2,10(12)13)8-5-6-9-14-3/h4-9H2,1-3H3,(H,12,13). The summed E-state index contributed by atoms with van der Waals surface area (Å²) in [6.45, 7) is 4.59. The molecule has 0 aromatic heterocycles. The Balaban J connectivity index is 3.90. The highest BCUT2D eigenvalue weighted by Crippen LogP contribution is 2.29. The minimum absolute atomic E-state index is 0.539. The third kappa shape index (κ3) is 4.61. The molecule has 0 aliphatic heterocycles. The lowest BCUT2D eigenvalue weighted by Crippen LogP contribution is -2.27. The number of unbranched alkanes of at least 4 members (excludes halogenated alkanes) is 1. The van der Waals surface area contributed by atoms with Gasteiger partial charge in [0.2, 0.25) is 0 Å². The quantitative estimate of drug-likeness (QED) is 0.615. The Morgan fingerprint density at radius 2 is 2.00 bits per heavy atom. The number of carbonyl (C=O) groups is 1. The van der Waals surface area contributed by atoms with E-state index in [1.165, 1.54) is 0 Å². The average molecular weight is 202 g/mol. The first-order chi connectivity index (χ1) is 6.56. The summed E-state index contributed by atoms with van der Waals surface area (Å²) < 4.78 is 4.93. The van der Waals surface area contributed by atoms with E-state index >= 15 is 0 Å². The molecule has 0 fully saturated rings. The van der Waals surface area contributed by atoms with Crippen molar-refractivity contribution in [3.8, 4) is 0 Å². The van der Waals surface area contributed by atoms with Gasteiger partial charge in [-0.25, -0.2) is 0 Å². The van der Waals surface area contributed by atoms with Crippen LogP contribution in [0.4, 0.5) is 0 Å². The molecule has 1 unspecified atom stereocenters. The van der Waals surface area contributed by atoms with Gasteiger partial charge >= 0.3 is 5.97 Å². The summed E-state index contributed by atoms with van der Waals surface area (Å²) in [5, 5.41) is 9.09.